The van der Waals surface area contributed by atoms with Gasteiger partial charge in [0.1, 0.15) is 0 Å². The number of rotatable bonds is 5. The zero-order chi connectivity index (χ0) is 11.3. The van der Waals surface area contributed by atoms with Gasteiger partial charge in [-0.1, -0.05) is 11.6 Å². The largest absolute Gasteiger partial charge is 0.478 e. The average molecular weight is 247 g/mol. The highest BCUT2D eigenvalue weighted by molar-refractivity contribution is 7.99. The van der Waals surface area contributed by atoms with E-state index in [1.807, 2.05) is 0 Å². The van der Waals surface area contributed by atoms with Gasteiger partial charge >= 0.3 is 5.97 Å². The zero-order valence-corrected chi connectivity index (χ0v) is 9.51. The summed E-state index contributed by atoms with van der Waals surface area (Å²) in [5.41, 5.74) is 0.213. The van der Waals surface area contributed by atoms with Crippen LogP contribution in [0.25, 0.3) is 0 Å². The minimum atomic E-state index is -0.982. The third kappa shape index (κ3) is 3.74. The van der Waals surface area contributed by atoms with Crippen molar-refractivity contribution in [2.24, 2.45) is 0 Å². The Morgan fingerprint density at radius 2 is 2.20 bits per heavy atom. The van der Waals surface area contributed by atoms with Crippen molar-refractivity contribution in [3.63, 3.8) is 0 Å². The van der Waals surface area contributed by atoms with E-state index in [0.29, 0.717) is 22.1 Å². The van der Waals surface area contributed by atoms with Crippen LogP contribution in [-0.4, -0.2) is 28.5 Å². The van der Waals surface area contributed by atoms with Gasteiger partial charge in [-0.3, -0.25) is 0 Å². The zero-order valence-electron chi connectivity index (χ0n) is 7.94. The molecule has 0 amide bonds. The summed E-state index contributed by atoms with van der Waals surface area (Å²) < 4.78 is 0. The number of aromatic carboxylic acids is 1. The molecular formula is C10H11ClO3S. The van der Waals surface area contributed by atoms with Gasteiger partial charge in [0.25, 0.3) is 0 Å². The van der Waals surface area contributed by atoms with E-state index < -0.39 is 5.97 Å². The molecule has 1 aromatic carbocycles. The third-order valence-corrected chi connectivity index (χ3v) is 3.13. The quantitative estimate of drug-likeness (QED) is 0.619. The van der Waals surface area contributed by atoms with Crippen LogP contribution in [0.1, 0.15) is 16.8 Å². The van der Waals surface area contributed by atoms with Crippen LogP contribution >= 0.6 is 23.4 Å². The Balaban J connectivity index is 2.81. The highest BCUT2D eigenvalue weighted by atomic mass is 35.5. The molecule has 1 rings (SSSR count). The maximum Gasteiger partial charge on any atom is 0.336 e. The topological polar surface area (TPSA) is 57.5 Å². The standard InChI is InChI=1S/C10H11ClO3S/c11-7-2-3-9(15-5-1-4-12)8(6-7)10(13)14/h2-3,6,12H,1,4-5H2,(H,13,14). The summed E-state index contributed by atoms with van der Waals surface area (Å²) in [6.45, 7) is 0.114. The summed E-state index contributed by atoms with van der Waals surface area (Å²) in [4.78, 5) is 11.6. The first-order valence-electron chi connectivity index (χ1n) is 4.41. The van der Waals surface area contributed by atoms with Crippen molar-refractivity contribution in [3.8, 4) is 0 Å². The second kappa shape index (κ2) is 6.00. The minimum Gasteiger partial charge on any atom is -0.478 e. The van der Waals surface area contributed by atoms with Crippen LogP contribution in [0.2, 0.25) is 5.02 Å². The van der Waals surface area contributed by atoms with Crippen molar-refractivity contribution in [3.05, 3.63) is 28.8 Å². The second-order valence-electron chi connectivity index (χ2n) is 2.87. The van der Waals surface area contributed by atoms with Crippen molar-refractivity contribution in [1.82, 2.24) is 0 Å². The smallest absolute Gasteiger partial charge is 0.336 e. The number of benzene rings is 1. The highest BCUT2D eigenvalue weighted by Crippen LogP contribution is 2.26. The maximum absolute atomic E-state index is 10.9. The van der Waals surface area contributed by atoms with E-state index in [1.165, 1.54) is 17.8 Å². The third-order valence-electron chi connectivity index (χ3n) is 1.73. The van der Waals surface area contributed by atoms with Gasteiger partial charge in [0.05, 0.1) is 5.56 Å². The number of hydrogen-bond acceptors (Lipinski definition) is 3. The molecule has 0 saturated carbocycles. The molecule has 2 N–H and O–H groups in total. The number of carboxylic acids is 1. The van der Waals surface area contributed by atoms with Crippen LogP contribution in [0.5, 0.6) is 0 Å². The van der Waals surface area contributed by atoms with Gasteiger partial charge in [-0.05, 0) is 24.6 Å². The Morgan fingerprint density at radius 1 is 1.47 bits per heavy atom. The first-order chi connectivity index (χ1) is 7.15. The molecule has 5 heteroatoms. The van der Waals surface area contributed by atoms with Crippen LogP contribution in [0, 0.1) is 0 Å². The summed E-state index contributed by atoms with van der Waals surface area (Å²) in [6.07, 6.45) is 0.645. The van der Waals surface area contributed by atoms with E-state index in [2.05, 4.69) is 0 Å². The van der Waals surface area contributed by atoms with Crippen molar-refractivity contribution >= 4 is 29.3 Å². The summed E-state index contributed by atoms with van der Waals surface area (Å²) in [5.74, 6) is -0.290. The normalized spacial score (nSPS) is 10.3. The van der Waals surface area contributed by atoms with Crippen LogP contribution in [0.15, 0.2) is 23.1 Å². The monoisotopic (exact) mass is 246 g/mol. The van der Waals surface area contributed by atoms with Crippen molar-refractivity contribution in [2.45, 2.75) is 11.3 Å². The first kappa shape index (κ1) is 12.4. The number of halogens is 1. The lowest BCUT2D eigenvalue weighted by atomic mass is 10.2. The molecule has 0 aromatic heterocycles. The molecule has 0 heterocycles. The lowest BCUT2D eigenvalue weighted by molar-refractivity contribution is 0.0693. The summed E-state index contributed by atoms with van der Waals surface area (Å²) in [5, 5.41) is 18.0. The number of thioether (sulfide) groups is 1. The van der Waals surface area contributed by atoms with Gasteiger partial charge < -0.3 is 10.2 Å². The predicted octanol–water partition coefficient (Wildman–Crippen LogP) is 2.51. The fraction of sp³-hybridized carbons (Fsp3) is 0.300. The van der Waals surface area contributed by atoms with Crippen LogP contribution in [0.4, 0.5) is 0 Å². The summed E-state index contributed by atoms with van der Waals surface area (Å²) in [7, 11) is 0. The van der Waals surface area contributed by atoms with Gasteiger partial charge in [0.15, 0.2) is 0 Å². The maximum atomic E-state index is 10.9. The molecule has 0 atom stereocenters. The molecule has 0 unspecified atom stereocenters. The van der Waals surface area contributed by atoms with Crippen molar-refractivity contribution in [1.29, 1.82) is 0 Å². The first-order valence-corrected chi connectivity index (χ1v) is 5.78. The Morgan fingerprint density at radius 3 is 2.80 bits per heavy atom. The number of carboxylic acid groups (broad SMARTS) is 1. The molecule has 0 spiro atoms. The summed E-state index contributed by atoms with van der Waals surface area (Å²) >= 11 is 7.12. The molecular weight excluding hydrogens is 236 g/mol. The fourth-order valence-corrected chi connectivity index (χ4v) is 2.17. The lowest BCUT2D eigenvalue weighted by Crippen LogP contribution is -1.99. The number of aliphatic hydroxyl groups is 1. The SMILES string of the molecule is O=C(O)c1cc(Cl)ccc1SCCCO. The van der Waals surface area contributed by atoms with Crippen LogP contribution < -0.4 is 0 Å². The van der Waals surface area contributed by atoms with E-state index >= 15 is 0 Å². The highest BCUT2D eigenvalue weighted by Gasteiger charge is 2.10. The van der Waals surface area contributed by atoms with Gasteiger partial charge in [0, 0.05) is 22.3 Å². The number of carbonyl (C=O) groups is 1. The number of hydrogen-bond donors (Lipinski definition) is 2. The molecule has 1 aromatic rings. The average Bonchev–Trinajstić information content (AvgIpc) is 2.20. The van der Waals surface area contributed by atoms with Gasteiger partial charge in [-0.15, -0.1) is 11.8 Å². The molecule has 15 heavy (non-hydrogen) atoms. The van der Waals surface area contributed by atoms with E-state index in [9.17, 15) is 4.79 Å². The Hall–Kier alpha value is -0.710. The molecule has 0 saturated heterocycles. The van der Waals surface area contributed by atoms with Crippen molar-refractivity contribution < 1.29 is 15.0 Å². The van der Waals surface area contributed by atoms with Crippen molar-refractivity contribution in [2.75, 3.05) is 12.4 Å². The number of aliphatic hydroxyl groups excluding tert-OH is 1. The van der Waals surface area contributed by atoms with E-state index in [4.69, 9.17) is 21.8 Å². The van der Waals surface area contributed by atoms with E-state index in [0.717, 1.165) is 0 Å². The minimum absolute atomic E-state index is 0.114. The molecule has 82 valence electrons. The molecule has 0 bridgehead atoms. The molecule has 0 aliphatic carbocycles. The molecule has 0 aliphatic heterocycles. The van der Waals surface area contributed by atoms with Gasteiger partial charge in [-0.25, -0.2) is 4.79 Å². The van der Waals surface area contributed by atoms with Crippen LogP contribution in [0.3, 0.4) is 0 Å². The van der Waals surface area contributed by atoms with E-state index in [-0.39, 0.29) is 12.2 Å². The second-order valence-corrected chi connectivity index (χ2v) is 4.44. The van der Waals surface area contributed by atoms with Crippen LogP contribution in [-0.2, 0) is 0 Å². The molecule has 0 aliphatic rings. The lowest BCUT2D eigenvalue weighted by Gasteiger charge is -2.05. The fourth-order valence-electron chi connectivity index (χ4n) is 1.04. The van der Waals surface area contributed by atoms with Gasteiger partial charge in [-0.2, -0.15) is 0 Å². The Bertz CT molecular complexity index is 355. The molecule has 0 radical (unpaired) electrons. The molecule has 0 fully saturated rings. The molecule has 3 nitrogen and oxygen atoms in total. The Labute approximate surface area is 97.1 Å². The Kier molecular flexibility index (Phi) is 4.94. The van der Waals surface area contributed by atoms with E-state index in [1.54, 1.807) is 12.1 Å². The predicted molar refractivity (Wildman–Crippen MR) is 60.8 cm³/mol. The summed E-state index contributed by atoms with van der Waals surface area (Å²) in [6, 6.07) is 4.79. The van der Waals surface area contributed by atoms with Gasteiger partial charge in [0.2, 0.25) is 0 Å².